The van der Waals surface area contributed by atoms with E-state index in [4.69, 9.17) is 16.3 Å². The van der Waals surface area contributed by atoms with Crippen molar-refractivity contribution in [3.63, 3.8) is 0 Å². The summed E-state index contributed by atoms with van der Waals surface area (Å²) in [5.74, 6) is 0.627. The van der Waals surface area contributed by atoms with Gasteiger partial charge in [-0.25, -0.2) is 0 Å². The smallest absolute Gasteiger partial charge is 0.302 e. The van der Waals surface area contributed by atoms with Gasteiger partial charge in [-0.2, -0.15) is 0 Å². The molecule has 0 heterocycles. The first-order valence-corrected chi connectivity index (χ1v) is 6.61. The van der Waals surface area contributed by atoms with Gasteiger partial charge in [-0.1, -0.05) is 17.2 Å². The second-order valence-electron chi connectivity index (χ2n) is 3.60. The summed E-state index contributed by atoms with van der Waals surface area (Å²) >= 11 is 7.53. The molecule has 1 aromatic rings. The maximum atomic E-state index is 10.6. The number of ether oxygens (including phenoxy) is 1. The molecule has 2 nitrogen and oxygen atoms in total. The number of thioether (sulfide) groups is 1. The molecular weight excluding hydrogens is 256 g/mol. The summed E-state index contributed by atoms with van der Waals surface area (Å²) in [6, 6.07) is 7.74. The van der Waals surface area contributed by atoms with E-state index < -0.39 is 0 Å². The number of carbonyl (C=O) groups excluding carboxylic acids is 1. The average molecular weight is 271 g/mol. The molecule has 1 rings (SSSR count). The SMILES string of the molecule is CC(=O)OC/C=C(\C)CSc1ccc(Cl)cc1. The molecule has 0 aromatic heterocycles. The summed E-state index contributed by atoms with van der Waals surface area (Å²) in [5, 5.41) is 0.747. The van der Waals surface area contributed by atoms with E-state index in [1.54, 1.807) is 11.8 Å². The molecule has 92 valence electrons. The lowest BCUT2D eigenvalue weighted by Gasteiger charge is -2.03. The van der Waals surface area contributed by atoms with Crippen LogP contribution < -0.4 is 0 Å². The fraction of sp³-hybridized carbons (Fsp3) is 0.308. The molecule has 0 saturated carbocycles. The maximum Gasteiger partial charge on any atom is 0.302 e. The predicted molar refractivity (Wildman–Crippen MR) is 72.6 cm³/mol. The number of hydrogen-bond acceptors (Lipinski definition) is 3. The van der Waals surface area contributed by atoms with Crippen LogP contribution in [0, 0.1) is 0 Å². The van der Waals surface area contributed by atoms with Crippen LogP contribution in [0.4, 0.5) is 0 Å². The van der Waals surface area contributed by atoms with Crippen LogP contribution in [0.2, 0.25) is 5.02 Å². The van der Waals surface area contributed by atoms with Crippen LogP contribution in [0.15, 0.2) is 40.8 Å². The third-order valence-corrected chi connectivity index (χ3v) is 3.46. The zero-order chi connectivity index (χ0) is 12.7. The van der Waals surface area contributed by atoms with Crippen molar-refractivity contribution in [3.8, 4) is 0 Å². The lowest BCUT2D eigenvalue weighted by molar-refractivity contribution is -0.139. The van der Waals surface area contributed by atoms with Gasteiger partial charge in [-0.15, -0.1) is 11.8 Å². The molecule has 0 N–H and O–H groups in total. The van der Waals surface area contributed by atoms with Crippen molar-refractivity contribution in [1.29, 1.82) is 0 Å². The topological polar surface area (TPSA) is 26.3 Å². The molecular formula is C13H15ClO2S. The van der Waals surface area contributed by atoms with E-state index in [-0.39, 0.29) is 5.97 Å². The molecule has 0 unspecified atom stereocenters. The quantitative estimate of drug-likeness (QED) is 0.460. The lowest BCUT2D eigenvalue weighted by atomic mass is 10.3. The Hall–Kier alpha value is -0.930. The van der Waals surface area contributed by atoms with E-state index in [0.29, 0.717) is 6.61 Å². The minimum atomic E-state index is -0.251. The average Bonchev–Trinajstić information content (AvgIpc) is 2.28. The summed E-state index contributed by atoms with van der Waals surface area (Å²) in [5.41, 5.74) is 1.19. The third-order valence-electron chi connectivity index (χ3n) is 2.00. The Morgan fingerprint density at radius 1 is 1.35 bits per heavy atom. The van der Waals surface area contributed by atoms with Crippen LogP contribution in [0.3, 0.4) is 0 Å². The fourth-order valence-corrected chi connectivity index (χ4v) is 2.05. The number of rotatable bonds is 5. The van der Waals surface area contributed by atoms with Crippen molar-refractivity contribution in [2.45, 2.75) is 18.7 Å². The Kier molecular flexibility index (Phi) is 6.16. The molecule has 0 fully saturated rings. The van der Waals surface area contributed by atoms with Crippen LogP contribution in [-0.4, -0.2) is 18.3 Å². The number of carbonyl (C=O) groups is 1. The van der Waals surface area contributed by atoms with Gasteiger partial charge in [-0.3, -0.25) is 4.79 Å². The third kappa shape index (κ3) is 6.39. The second kappa shape index (κ2) is 7.41. The highest BCUT2D eigenvalue weighted by Crippen LogP contribution is 2.22. The predicted octanol–water partition coefficient (Wildman–Crippen LogP) is 3.94. The largest absolute Gasteiger partial charge is 0.462 e. The summed E-state index contributed by atoms with van der Waals surface area (Å²) in [6.07, 6.45) is 1.92. The highest BCUT2D eigenvalue weighted by atomic mass is 35.5. The molecule has 1 aromatic carbocycles. The number of benzene rings is 1. The standard InChI is InChI=1S/C13H15ClO2S/c1-10(7-8-16-11(2)15)9-17-13-5-3-12(14)4-6-13/h3-7H,8-9H2,1-2H3/b10-7+. The zero-order valence-corrected chi connectivity index (χ0v) is 11.5. The van der Waals surface area contributed by atoms with Crippen LogP contribution in [0.5, 0.6) is 0 Å². The van der Waals surface area contributed by atoms with E-state index >= 15 is 0 Å². The summed E-state index contributed by atoms with van der Waals surface area (Å²) in [4.78, 5) is 11.7. The van der Waals surface area contributed by atoms with Crippen LogP contribution >= 0.6 is 23.4 Å². The number of hydrogen-bond donors (Lipinski definition) is 0. The zero-order valence-electron chi connectivity index (χ0n) is 9.90. The van der Waals surface area contributed by atoms with E-state index in [1.165, 1.54) is 17.4 Å². The van der Waals surface area contributed by atoms with Crippen molar-refractivity contribution in [2.24, 2.45) is 0 Å². The van der Waals surface area contributed by atoms with Gasteiger partial charge in [-0.05, 0) is 37.3 Å². The molecule has 0 radical (unpaired) electrons. The van der Waals surface area contributed by atoms with Crippen molar-refractivity contribution >= 4 is 29.3 Å². The van der Waals surface area contributed by atoms with Gasteiger partial charge in [0.15, 0.2) is 0 Å². The van der Waals surface area contributed by atoms with Gasteiger partial charge in [0.25, 0.3) is 0 Å². The first-order chi connectivity index (χ1) is 8.08. The van der Waals surface area contributed by atoms with Gasteiger partial charge < -0.3 is 4.74 Å². The Morgan fingerprint density at radius 3 is 2.59 bits per heavy atom. The summed E-state index contributed by atoms with van der Waals surface area (Å²) in [7, 11) is 0. The van der Waals surface area contributed by atoms with Gasteiger partial charge >= 0.3 is 5.97 Å². The summed E-state index contributed by atoms with van der Waals surface area (Å²) < 4.78 is 4.84. The minimum Gasteiger partial charge on any atom is -0.462 e. The molecule has 0 saturated heterocycles. The second-order valence-corrected chi connectivity index (χ2v) is 5.08. The molecule has 0 aliphatic rings. The molecule has 0 atom stereocenters. The van der Waals surface area contributed by atoms with Crippen molar-refractivity contribution in [1.82, 2.24) is 0 Å². The maximum absolute atomic E-state index is 10.6. The number of halogens is 1. The highest BCUT2D eigenvalue weighted by Gasteiger charge is 1.96. The van der Waals surface area contributed by atoms with Gasteiger partial charge in [0.05, 0.1) is 0 Å². The number of esters is 1. The van der Waals surface area contributed by atoms with E-state index in [0.717, 1.165) is 10.8 Å². The van der Waals surface area contributed by atoms with E-state index in [1.807, 2.05) is 37.3 Å². The molecule has 0 amide bonds. The molecule has 17 heavy (non-hydrogen) atoms. The molecule has 0 aliphatic carbocycles. The molecule has 0 spiro atoms. The van der Waals surface area contributed by atoms with E-state index in [9.17, 15) is 4.79 Å². The summed E-state index contributed by atoms with van der Waals surface area (Å²) in [6.45, 7) is 3.78. The molecule has 4 heteroatoms. The first kappa shape index (κ1) is 14.1. The van der Waals surface area contributed by atoms with Crippen molar-refractivity contribution in [3.05, 3.63) is 40.9 Å². The molecule has 0 aliphatic heterocycles. The van der Waals surface area contributed by atoms with Crippen molar-refractivity contribution < 1.29 is 9.53 Å². The Bertz CT molecular complexity index is 398. The van der Waals surface area contributed by atoms with Crippen LogP contribution in [-0.2, 0) is 9.53 Å². The Balaban J connectivity index is 2.34. The van der Waals surface area contributed by atoms with Crippen LogP contribution in [0.25, 0.3) is 0 Å². The van der Waals surface area contributed by atoms with E-state index in [2.05, 4.69) is 0 Å². The fourth-order valence-electron chi connectivity index (χ4n) is 1.09. The highest BCUT2D eigenvalue weighted by molar-refractivity contribution is 7.99. The Morgan fingerprint density at radius 2 is 2.00 bits per heavy atom. The van der Waals surface area contributed by atoms with Gasteiger partial charge in [0, 0.05) is 22.6 Å². The van der Waals surface area contributed by atoms with Gasteiger partial charge in [0.2, 0.25) is 0 Å². The van der Waals surface area contributed by atoms with Crippen LogP contribution in [0.1, 0.15) is 13.8 Å². The molecule has 0 bridgehead atoms. The van der Waals surface area contributed by atoms with Gasteiger partial charge in [0.1, 0.15) is 6.61 Å². The van der Waals surface area contributed by atoms with Crippen molar-refractivity contribution in [2.75, 3.05) is 12.4 Å². The lowest BCUT2D eigenvalue weighted by Crippen LogP contribution is -1.98. The first-order valence-electron chi connectivity index (χ1n) is 5.25. The minimum absolute atomic E-state index is 0.251. The monoisotopic (exact) mass is 270 g/mol. The Labute approximate surface area is 111 Å². The normalized spacial score (nSPS) is 11.4.